The van der Waals surface area contributed by atoms with Crippen LogP contribution in [0.4, 0.5) is 5.13 Å². The lowest BCUT2D eigenvalue weighted by atomic mass is 10.3. The lowest BCUT2D eigenvalue weighted by molar-refractivity contribution is 0.103. The Bertz CT molecular complexity index is 601. The number of carbonyl (C=O) groups is 1. The van der Waals surface area contributed by atoms with Gasteiger partial charge in [-0.2, -0.15) is 0 Å². The molecule has 5 nitrogen and oxygen atoms in total. The van der Waals surface area contributed by atoms with Crippen LogP contribution in [0.1, 0.15) is 27.2 Å². The van der Waals surface area contributed by atoms with Crippen LogP contribution in [0.25, 0.3) is 0 Å². The fraction of sp³-hybridized carbons (Fsp3) is 0.182. The summed E-state index contributed by atoms with van der Waals surface area (Å²) < 4.78 is 0. The molecule has 0 aliphatic heterocycles. The minimum Gasteiger partial charge on any atom is -0.411 e. The van der Waals surface area contributed by atoms with Crippen LogP contribution in [0, 0.1) is 6.92 Å². The van der Waals surface area contributed by atoms with Crippen molar-refractivity contribution in [1.82, 2.24) is 4.98 Å². The zero-order valence-corrected chi connectivity index (χ0v) is 11.4. The van der Waals surface area contributed by atoms with Crippen LogP contribution < -0.4 is 5.32 Å². The van der Waals surface area contributed by atoms with Gasteiger partial charge in [0.15, 0.2) is 5.13 Å². The molecule has 0 saturated carbocycles. The summed E-state index contributed by atoms with van der Waals surface area (Å²) in [5.74, 6) is -0.174. The molecule has 0 saturated heterocycles. The highest BCUT2D eigenvalue weighted by Crippen LogP contribution is 2.20. The van der Waals surface area contributed by atoms with Gasteiger partial charge in [-0.3, -0.25) is 10.1 Å². The average Bonchev–Trinajstić information content (AvgIpc) is 2.97. The number of anilines is 1. The minimum absolute atomic E-state index is 0.174. The van der Waals surface area contributed by atoms with Crippen LogP contribution in [-0.4, -0.2) is 21.8 Å². The first-order valence-electron chi connectivity index (χ1n) is 5.12. The van der Waals surface area contributed by atoms with Gasteiger partial charge in [0.25, 0.3) is 5.91 Å². The smallest absolute Gasteiger partial charge is 0.267 e. The van der Waals surface area contributed by atoms with Crippen molar-refractivity contribution in [1.29, 1.82) is 0 Å². The van der Waals surface area contributed by atoms with E-state index in [1.54, 1.807) is 18.4 Å². The Hall–Kier alpha value is -1.73. The topological polar surface area (TPSA) is 74.6 Å². The van der Waals surface area contributed by atoms with Gasteiger partial charge < -0.3 is 5.21 Å². The third-order valence-electron chi connectivity index (χ3n) is 2.21. The quantitative estimate of drug-likeness (QED) is 0.516. The van der Waals surface area contributed by atoms with Crippen molar-refractivity contribution in [3.05, 3.63) is 33.0 Å². The van der Waals surface area contributed by atoms with E-state index in [2.05, 4.69) is 15.5 Å². The number of rotatable bonds is 3. The van der Waals surface area contributed by atoms with Crippen LogP contribution in [0.5, 0.6) is 0 Å². The Balaban J connectivity index is 2.10. The number of nitrogens with one attached hydrogen (secondary N) is 1. The van der Waals surface area contributed by atoms with Gasteiger partial charge in [-0.15, -0.1) is 22.7 Å². The number of hydrogen-bond acceptors (Lipinski definition) is 6. The van der Waals surface area contributed by atoms with Gasteiger partial charge in [-0.25, -0.2) is 4.98 Å². The molecule has 2 rings (SSSR count). The van der Waals surface area contributed by atoms with Crippen molar-refractivity contribution in [3.8, 4) is 0 Å². The number of aryl methyl sites for hydroxylation is 1. The fourth-order valence-corrected chi connectivity index (χ4v) is 2.78. The molecule has 0 bridgehead atoms. The summed E-state index contributed by atoms with van der Waals surface area (Å²) in [7, 11) is 0. The molecule has 0 aliphatic carbocycles. The summed E-state index contributed by atoms with van der Waals surface area (Å²) in [6.45, 7) is 3.59. The van der Waals surface area contributed by atoms with E-state index in [4.69, 9.17) is 5.21 Å². The molecule has 94 valence electrons. The van der Waals surface area contributed by atoms with Crippen molar-refractivity contribution in [2.24, 2.45) is 5.16 Å². The summed E-state index contributed by atoms with van der Waals surface area (Å²) in [5.41, 5.74) is 0.971. The zero-order chi connectivity index (χ0) is 13.1. The maximum Gasteiger partial charge on any atom is 0.267 e. The van der Waals surface area contributed by atoms with Crippen LogP contribution in [0.2, 0.25) is 0 Å². The first-order chi connectivity index (χ1) is 8.60. The third-order valence-corrected chi connectivity index (χ3v) is 3.97. The van der Waals surface area contributed by atoms with Crippen molar-refractivity contribution >= 4 is 39.4 Å². The monoisotopic (exact) mass is 281 g/mol. The van der Waals surface area contributed by atoms with Gasteiger partial charge in [0.1, 0.15) is 11.4 Å². The highest BCUT2D eigenvalue weighted by Gasteiger charge is 2.11. The molecule has 0 radical (unpaired) electrons. The number of carbonyl (C=O) groups excluding carboxylic acids is 1. The number of thiazole rings is 1. The van der Waals surface area contributed by atoms with Crippen molar-refractivity contribution in [3.63, 3.8) is 0 Å². The molecule has 2 N–H and O–H groups in total. The SMILES string of the molecule is C/C(=N\O)c1csc(NC(=O)c2ccc(C)s2)n1. The number of thiophene rings is 1. The van der Waals surface area contributed by atoms with E-state index in [0.717, 1.165) is 4.88 Å². The third kappa shape index (κ3) is 2.74. The molecule has 0 fully saturated rings. The lowest BCUT2D eigenvalue weighted by Gasteiger charge is -1.97. The molecule has 2 aromatic heterocycles. The summed E-state index contributed by atoms with van der Waals surface area (Å²) in [4.78, 5) is 17.8. The largest absolute Gasteiger partial charge is 0.411 e. The van der Waals surface area contributed by atoms with Crippen molar-refractivity contribution in [2.45, 2.75) is 13.8 Å². The Kier molecular flexibility index (Phi) is 3.73. The van der Waals surface area contributed by atoms with Crippen LogP contribution in [0.3, 0.4) is 0 Å². The standard InChI is InChI=1S/C11H11N3O2S2/c1-6-3-4-9(18-6)10(15)13-11-12-8(5-17-11)7(2)14-16/h3-5,16H,1-2H3,(H,12,13,15)/b14-7+. The predicted octanol–water partition coefficient (Wildman–Crippen LogP) is 2.96. The highest BCUT2D eigenvalue weighted by molar-refractivity contribution is 7.15. The van der Waals surface area contributed by atoms with E-state index in [1.807, 2.05) is 13.0 Å². The normalized spacial score (nSPS) is 11.6. The van der Waals surface area contributed by atoms with Gasteiger partial charge in [0.2, 0.25) is 0 Å². The summed E-state index contributed by atoms with van der Waals surface area (Å²) in [6, 6.07) is 3.68. The number of hydrogen-bond donors (Lipinski definition) is 2. The molecule has 0 atom stereocenters. The molecule has 1 amide bonds. The van der Waals surface area contributed by atoms with Crippen LogP contribution >= 0.6 is 22.7 Å². The molecule has 2 aromatic rings. The Morgan fingerprint density at radius 1 is 1.50 bits per heavy atom. The van der Waals surface area contributed by atoms with E-state index < -0.39 is 0 Å². The van der Waals surface area contributed by atoms with E-state index in [0.29, 0.717) is 21.4 Å². The van der Waals surface area contributed by atoms with Crippen LogP contribution in [-0.2, 0) is 0 Å². The van der Waals surface area contributed by atoms with Gasteiger partial charge in [-0.1, -0.05) is 5.16 Å². The summed E-state index contributed by atoms with van der Waals surface area (Å²) in [5, 5.41) is 16.6. The number of aromatic nitrogens is 1. The van der Waals surface area contributed by atoms with Gasteiger partial charge >= 0.3 is 0 Å². The van der Waals surface area contributed by atoms with E-state index in [9.17, 15) is 4.79 Å². The Morgan fingerprint density at radius 2 is 2.28 bits per heavy atom. The average molecular weight is 281 g/mol. The van der Waals surface area contributed by atoms with E-state index in [-0.39, 0.29) is 5.91 Å². The summed E-state index contributed by atoms with van der Waals surface area (Å²) in [6.07, 6.45) is 0. The Labute approximate surface area is 112 Å². The maximum atomic E-state index is 11.9. The predicted molar refractivity (Wildman–Crippen MR) is 73.1 cm³/mol. The van der Waals surface area contributed by atoms with E-state index in [1.165, 1.54) is 22.7 Å². The molecule has 0 aliphatic rings. The van der Waals surface area contributed by atoms with Gasteiger partial charge in [0, 0.05) is 10.3 Å². The molecule has 0 spiro atoms. The van der Waals surface area contributed by atoms with E-state index >= 15 is 0 Å². The number of amides is 1. The minimum atomic E-state index is -0.174. The number of oxime groups is 1. The Morgan fingerprint density at radius 3 is 2.89 bits per heavy atom. The second-order valence-electron chi connectivity index (χ2n) is 3.59. The molecular weight excluding hydrogens is 270 g/mol. The highest BCUT2D eigenvalue weighted by atomic mass is 32.1. The first kappa shape index (κ1) is 12.7. The molecule has 2 heterocycles. The molecule has 18 heavy (non-hydrogen) atoms. The molecule has 0 aromatic carbocycles. The van der Waals surface area contributed by atoms with Gasteiger partial charge in [-0.05, 0) is 26.0 Å². The number of nitrogens with zero attached hydrogens (tertiary/aromatic N) is 2. The second-order valence-corrected chi connectivity index (χ2v) is 5.73. The van der Waals surface area contributed by atoms with Gasteiger partial charge in [0.05, 0.1) is 4.88 Å². The van der Waals surface area contributed by atoms with Crippen LogP contribution in [0.15, 0.2) is 22.7 Å². The molecule has 7 heteroatoms. The fourth-order valence-electron chi connectivity index (χ4n) is 1.26. The summed E-state index contributed by atoms with van der Waals surface area (Å²) >= 11 is 2.73. The second kappa shape index (κ2) is 5.28. The van der Waals surface area contributed by atoms with Crippen molar-refractivity contribution in [2.75, 3.05) is 5.32 Å². The zero-order valence-electron chi connectivity index (χ0n) is 9.80. The van der Waals surface area contributed by atoms with Crippen molar-refractivity contribution < 1.29 is 10.0 Å². The molecular formula is C11H11N3O2S2. The maximum absolute atomic E-state index is 11.9. The first-order valence-corrected chi connectivity index (χ1v) is 6.82. The molecule has 0 unspecified atom stereocenters. The lowest BCUT2D eigenvalue weighted by Crippen LogP contribution is -2.10.